The number of nitrogens with zero attached hydrogens (tertiary/aromatic N) is 4. The van der Waals surface area contributed by atoms with Gasteiger partial charge in [-0.05, 0) is 62.6 Å². The highest BCUT2D eigenvalue weighted by molar-refractivity contribution is 5.94. The van der Waals surface area contributed by atoms with E-state index in [1.165, 1.54) is 12.3 Å². The molecular formula is C30H35F3N6O5. The molecule has 0 aromatic carbocycles. The van der Waals surface area contributed by atoms with Crippen LogP contribution >= 0.6 is 0 Å². The van der Waals surface area contributed by atoms with Crippen LogP contribution in [0.1, 0.15) is 49.8 Å². The number of rotatable bonds is 14. The number of nitrogens with one attached hydrogen (secondary N) is 2. The summed E-state index contributed by atoms with van der Waals surface area (Å²) in [4.78, 5) is 34.9. The van der Waals surface area contributed by atoms with Crippen molar-refractivity contribution >= 4 is 22.8 Å². The molecule has 3 aromatic rings. The summed E-state index contributed by atoms with van der Waals surface area (Å²) in [5, 5.41) is 8.63. The average molecular weight is 617 g/mol. The number of methoxy groups -OCH3 is 1. The first-order valence-corrected chi connectivity index (χ1v) is 14.6. The molecule has 0 bridgehead atoms. The van der Waals surface area contributed by atoms with Crippen molar-refractivity contribution < 1.29 is 32.2 Å². The second kappa shape index (κ2) is 13.8. The lowest BCUT2D eigenvalue weighted by molar-refractivity contribution is -0.118. The quantitative estimate of drug-likeness (QED) is 0.241. The van der Waals surface area contributed by atoms with E-state index < -0.39 is 24.7 Å². The molecule has 0 radical (unpaired) electrons. The Morgan fingerprint density at radius 1 is 1.20 bits per heavy atom. The Balaban J connectivity index is 1.18. The van der Waals surface area contributed by atoms with Crippen LogP contribution in [0.15, 0.2) is 35.6 Å². The average Bonchev–Trinajstić information content (AvgIpc) is 3.00. The van der Waals surface area contributed by atoms with Gasteiger partial charge in [-0.1, -0.05) is 5.18 Å². The number of fused-ring (bicyclic) bond motifs is 2. The molecular weight excluding hydrogens is 581 g/mol. The molecule has 4 heterocycles. The molecule has 2 aliphatic rings. The zero-order valence-electron chi connectivity index (χ0n) is 24.4. The van der Waals surface area contributed by atoms with Crippen LogP contribution in [0.25, 0.3) is 11.0 Å². The summed E-state index contributed by atoms with van der Waals surface area (Å²) < 4.78 is 58.5. The highest BCUT2D eigenvalue weighted by Gasteiger charge is 2.35. The zero-order valence-corrected chi connectivity index (χ0v) is 24.4. The molecule has 11 nitrogen and oxygen atoms in total. The van der Waals surface area contributed by atoms with Crippen molar-refractivity contribution in [2.45, 2.75) is 63.0 Å². The highest BCUT2D eigenvalue weighted by Crippen LogP contribution is 2.36. The molecule has 0 atom stereocenters. The first kappa shape index (κ1) is 31.5. The number of carbonyl (C=O) groups excluding carboxylic acids is 1. The van der Waals surface area contributed by atoms with E-state index in [2.05, 4.69) is 30.8 Å². The van der Waals surface area contributed by atoms with Gasteiger partial charge in [0.1, 0.15) is 12.4 Å². The van der Waals surface area contributed by atoms with Crippen LogP contribution in [0, 0.1) is 16.6 Å². The smallest absolute Gasteiger partial charge is 0.273 e. The number of pyridine rings is 3. The predicted molar refractivity (Wildman–Crippen MR) is 155 cm³/mol. The Labute approximate surface area is 252 Å². The van der Waals surface area contributed by atoms with Gasteiger partial charge in [-0.2, -0.15) is 4.91 Å². The van der Waals surface area contributed by atoms with E-state index in [9.17, 15) is 22.9 Å². The maximum atomic E-state index is 15.0. The number of aryl methyl sites for hydroxylation is 1. The van der Waals surface area contributed by atoms with E-state index in [-0.39, 0.29) is 30.5 Å². The van der Waals surface area contributed by atoms with Crippen molar-refractivity contribution in [3.63, 3.8) is 0 Å². The summed E-state index contributed by atoms with van der Waals surface area (Å²) in [6.45, 7) is -0.489. The van der Waals surface area contributed by atoms with Crippen molar-refractivity contribution in [2.24, 2.45) is 11.1 Å². The summed E-state index contributed by atoms with van der Waals surface area (Å²) in [5.41, 5.74) is 1.77. The van der Waals surface area contributed by atoms with Crippen LogP contribution in [0.4, 0.5) is 19.0 Å². The van der Waals surface area contributed by atoms with Gasteiger partial charge in [0.05, 0.1) is 36.1 Å². The number of halogens is 3. The molecule has 1 saturated carbocycles. The molecule has 1 aliphatic carbocycles. The minimum Gasteiger partial charge on any atom is -0.480 e. The van der Waals surface area contributed by atoms with E-state index in [0.717, 1.165) is 37.8 Å². The number of hydrogen-bond acceptors (Lipinski definition) is 10. The van der Waals surface area contributed by atoms with Gasteiger partial charge in [-0.3, -0.25) is 9.78 Å². The van der Waals surface area contributed by atoms with Crippen molar-refractivity contribution in [1.82, 2.24) is 20.3 Å². The fraction of sp³-hybridized carbons (Fsp3) is 0.533. The van der Waals surface area contributed by atoms with Crippen molar-refractivity contribution in [3.8, 4) is 11.6 Å². The van der Waals surface area contributed by atoms with Gasteiger partial charge in [0.15, 0.2) is 18.2 Å². The van der Waals surface area contributed by atoms with E-state index in [0.29, 0.717) is 53.7 Å². The second-order valence-corrected chi connectivity index (χ2v) is 11.4. The number of alkyl halides is 2. The molecule has 0 saturated heterocycles. The number of amides is 1. The Kier molecular flexibility index (Phi) is 9.89. The molecule has 44 heavy (non-hydrogen) atoms. The summed E-state index contributed by atoms with van der Waals surface area (Å²) >= 11 is 0. The van der Waals surface area contributed by atoms with Crippen LogP contribution in [0.5, 0.6) is 11.6 Å². The monoisotopic (exact) mass is 616 g/mol. The van der Waals surface area contributed by atoms with E-state index in [1.807, 2.05) is 6.07 Å². The van der Waals surface area contributed by atoms with Crippen LogP contribution in [0.2, 0.25) is 0 Å². The van der Waals surface area contributed by atoms with Crippen molar-refractivity contribution in [2.75, 3.05) is 38.8 Å². The summed E-state index contributed by atoms with van der Waals surface area (Å²) in [6, 6.07) is 6.79. The standard InChI is InChI=1S/C30H35F3N6O5/c1-42-18-29(35-14-20-3-6-24-28(37-20)38-25(40)16-44-24)10-8-19(9-11-29)2-4-21-22(31)15-34-23-5-7-26(39-27(21)23)43-13-12-30(32,33)17-36-41/h3,5-7,15,19,35H,2,4,8-14,16-18H2,1H3,(H,37,38,40). The molecule has 0 spiro atoms. The molecule has 1 fully saturated rings. The number of ether oxygens (including phenoxy) is 3. The molecule has 5 rings (SSSR count). The molecule has 2 N–H and O–H groups in total. The summed E-state index contributed by atoms with van der Waals surface area (Å²) in [7, 11) is 1.68. The van der Waals surface area contributed by atoms with Crippen LogP contribution in [0.3, 0.4) is 0 Å². The fourth-order valence-electron chi connectivity index (χ4n) is 5.77. The number of carbonyl (C=O) groups is 1. The summed E-state index contributed by atoms with van der Waals surface area (Å²) in [5.74, 6) is -2.57. The lowest BCUT2D eigenvalue weighted by atomic mass is 9.75. The first-order chi connectivity index (χ1) is 21.2. The number of hydrogen-bond donors (Lipinski definition) is 2. The Hall–Kier alpha value is -3.91. The minimum atomic E-state index is -3.26. The first-order valence-electron chi connectivity index (χ1n) is 14.6. The van der Waals surface area contributed by atoms with Gasteiger partial charge >= 0.3 is 0 Å². The van der Waals surface area contributed by atoms with Gasteiger partial charge in [-0.25, -0.2) is 23.1 Å². The third-order valence-corrected chi connectivity index (χ3v) is 8.22. The lowest BCUT2D eigenvalue weighted by Gasteiger charge is -2.41. The molecule has 236 valence electrons. The number of anilines is 1. The van der Waals surface area contributed by atoms with Crippen LogP contribution < -0.4 is 20.1 Å². The topological polar surface area (TPSA) is 137 Å². The predicted octanol–water partition coefficient (Wildman–Crippen LogP) is 4.96. The third kappa shape index (κ3) is 7.78. The van der Waals surface area contributed by atoms with E-state index in [4.69, 9.17) is 14.2 Å². The van der Waals surface area contributed by atoms with Crippen LogP contribution in [-0.2, 0) is 22.5 Å². The molecule has 1 amide bonds. The Bertz CT molecular complexity index is 1490. The van der Waals surface area contributed by atoms with E-state index >= 15 is 0 Å². The Morgan fingerprint density at radius 3 is 2.80 bits per heavy atom. The third-order valence-electron chi connectivity index (χ3n) is 8.22. The second-order valence-electron chi connectivity index (χ2n) is 11.4. The Morgan fingerprint density at radius 2 is 2.02 bits per heavy atom. The SMILES string of the molecule is COCC1(NCc2ccc3c(n2)NC(=O)CO3)CCC(CCc2c(F)cnc3ccc(OCCC(F)(F)CN=O)nc23)CC1. The minimum absolute atomic E-state index is 0.0212. The number of aromatic nitrogens is 3. The summed E-state index contributed by atoms with van der Waals surface area (Å²) in [6.07, 6.45) is 5.20. The van der Waals surface area contributed by atoms with Gasteiger partial charge in [0, 0.05) is 37.2 Å². The number of nitroso groups, excluding NO2 is 1. The molecule has 3 aromatic heterocycles. The largest absolute Gasteiger partial charge is 0.480 e. The highest BCUT2D eigenvalue weighted by atomic mass is 19.3. The van der Waals surface area contributed by atoms with Crippen LogP contribution in [-0.4, -0.2) is 65.8 Å². The molecule has 14 heteroatoms. The maximum Gasteiger partial charge on any atom is 0.273 e. The van der Waals surface area contributed by atoms with Gasteiger partial charge in [-0.15, -0.1) is 0 Å². The zero-order chi connectivity index (χ0) is 31.2. The maximum absolute atomic E-state index is 15.0. The normalized spacial score (nSPS) is 20.1. The fourth-order valence-corrected chi connectivity index (χ4v) is 5.77. The van der Waals surface area contributed by atoms with Gasteiger partial charge < -0.3 is 24.8 Å². The molecule has 1 aliphatic heterocycles. The van der Waals surface area contributed by atoms with Crippen molar-refractivity contribution in [3.05, 3.63) is 52.4 Å². The lowest BCUT2D eigenvalue weighted by Crippen LogP contribution is -2.51. The molecule has 0 unspecified atom stereocenters. The van der Waals surface area contributed by atoms with Crippen molar-refractivity contribution in [1.29, 1.82) is 0 Å². The van der Waals surface area contributed by atoms with Gasteiger partial charge in [0.2, 0.25) is 5.88 Å². The van der Waals surface area contributed by atoms with E-state index in [1.54, 1.807) is 19.2 Å². The van der Waals surface area contributed by atoms with Gasteiger partial charge in [0.25, 0.3) is 11.8 Å².